The van der Waals surface area contributed by atoms with Gasteiger partial charge in [-0.25, -0.2) is 13.1 Å². The number of hydrogen-bond acceptors (Lipinski definition) is 3. The molecular weight excluding hydrogens is 294 g/mol. The predicted molar refractivity (Wildman–Crippen MR) is 64.0 cm³/mol. The summed E-state index contributed by atoms with van der Waals surface area (Å²) in [6.45, 7) is 2.18. The Bertz CT molecular complexity index is 479. The Hall–Kier alpha value is -0.400. The maximum Gasteiger partial charge on any atom is 0.243 e. The van der Waals surface area contributed by atoms with Crippen LogP contribution >= 0.6 is 15.9 Å². The van der Waals surface area contributed by atoms with Gasteiger partial charge in [0.1, 0.15) is 4.90 Å². The summed E-state index contributed by atoms with van der Waals surface area (Å²) in [5.41, 5.74) is 0.696. The first-order valence-corrected chi connectivity index (χ1v) is 7.65. The molecule has 90 valence electrons. The van der Waals surface area contributed by atoms with E-state index in [1.165, 1.54) is 6.20 Å². The van der Waals surface area contributed by atoms with Crippen LogP contribution in [0.4, 0.5) is 0 Å². The van der Waals surface area contributed by atoms with Crippen LogP contribution < -0.4 is 4.72 Å². The van der Waals surface area contributed by atoms with Crippen LogP contribution in [0.15, 0.2) is 11.1 Å². The van der Waals surface area contributed by atoms with Crippen molar-refractivity contribution >= 4 is 26.0 Å². The number of rotatable bonds is 5. The van der Waals surface area contributed by atoms with Crippen LogP contribution in [0.3, 0.4) is 0 Å². The highest BCUT2D eigenvalue weighted by atomic mass is 79.9. The van der Waals surface area contributed by atoms with Crippen molar-refractivity contribution in [3.8, 4) is 0 Å². The standard InChI is InChI=1S/C9H14BrN3O2S/c1-7-8(4-11-13-7)16(14,15)12-6-9(5-10)2-3-9/h4,12H,2-3,5-6H2,1H3,(H,11,13). The zero-order chi connectivity index (χ0) is 11.8. The van der Waals surface area contributed by atoms with Crippen molar-refractivity contribution in [3.05, 3.63) is 11.9 Å². The van der Waals surface area contributed by atoms with Crippen LogP contribution in [-0.2, 0) is 10.0 Å². The minimum absolute atomic E-state index is 0.130. The molecule has 16 heavy (non-hydrogen) atoms. The topological polar surface area (TPSA) is 74.8 Å². The largest absolute Gasteiger partial charge is 0.281 e. The summed E-state index contributed by atoms with van der Waals surface area (Å²) in [7, 11) is -3.42. The first-order chi connectivity index (χ1) is 7.49. The highest BCUT2D eigenvalue weighted by molar-refractivity contribution is 9.09. The van der Waals surface area contributed by atoms with E-state index in [1.54, 1.807) is 6.92 Å². The average Bonchev–Trinajstić information content (AvgIpc) is 2.91. The zero-order valence-corrected chi connectivity index (χ0v) is 11.4. The smallest absolute Gasteiger partial charge is 0.243 e. The van der Waals surface area contributed by atoms with Crippen LogP contribution in [0.2, 0.25) is 0 Å². The summed E-state index contributed by atoms with van der Waals surface area (Å²) in [5, 5.41) is 7.18. The van der Waals surface area contributed by atoms with Crippen molar-refractivity contribution < 1.29 is 8.42 Å². The predicted octanol–water partition coefficient (Wildman–Crippen LogP) is 1.17. The van der Waals surface area contributed by atoms with E-state index in [2.05, 4.69) is 30.8 Å². The lowest BCUT2D eigenvalue weighted by molar-refractivity contribution is 0.538. The van der Waals surface area contributed by atoms with E-state index in [0.29, 0.717) is 12.2 Å². The van der Waals surface area contributed by atoms with E-state index < -0.39 is 10.0 Å². The van der Waals surface area contributed by atoms with Gasteiger partial charge in [-0.3, -0.25) is 5.10 Å². The van der Waals surface area contributed by atoms with Crippen molar-refractivity contribution in [2.75, 3.05) is 11.9 Å². The second-order valence-corrected chi connectivity index (χ2v) is 6.61. The molecule has 1 saturated carbocycles. The molecular formula is C9H14BrN3O2S. The van der Waals surface area contributed by atoms with Crippen LogP contribution in [0, 0.1) is 12.3 Å². The molecule has 2 rings (SSSR count). The molecule has 0 aromatic carbocycles. The second kappa shape index (κ2) is 4.12. The number of nitrogens with zero attached hydrogens (tertiary/aromatic N) is 1. The quantitative estimate of drug-likeness (QED) is 0.802. The number of aromatic amines is 1. The number of aryl methyl sites for hydroxylation is 1. The molecule has 1 fully saturated rings. The number of H-pyrrole nitrogens is 1. The molecule has 5 nitrogen and oxygen atoms in total. The van der Waals surface area contributed by atoms with E-state index in [-0.39, 0.29) is 10.3 Å². The summed E-state index contributed by atoms with van der Waals surface area (Å²) in [6, 6.07) is 0. The molecule has 0 aliphatic heterocycles. The van der Waals surface area contributed by atoms with Gasteiger partial charge in [0.05, 0.1) is 11.9 Å². The first kappa shape index (κ1) is 12.1. The molecule has 7 heteroatoms. The van der Waals surface area contributed by atoms with Gasteiger partial charge in [0.25, 0.3) is 0 Å². The molecule has 1 aliphatic rings. The number of nitrogens with one attached hydrogen (secondary N) is 2. The Labute approximate surface area is 103 Å². The fourth-order valence-corrected chi connectivity index (χ4v) is 3.52. The summed E-state index contributed by atoms with van der Waals surface area (Å²) < 4.78 is 26.5. The number of alkyl halides is 1. The van der Waals surface area contributed by atoms with Crippen molar-refractivity contribution in [2.24, 2.45) is 5.41 Å². The molecule has 0 unspecified atom stereocenters. The molecule has 1 aliphatic carbocycles. The lowest BCUT2D eigenvalue weighted by Gasteiger charge is -2.12. The maximum absolute atomic E-state index is 11.9. The van der Waals surface area contributed by atoms with Gasteiger partial charge in [0.2, 0.25) is 10.0 Å². The number of halogens is 1. The zero-order valence-electron chi connectivity index (χ0n) is 8.96. The number of hydrogen-bond donors (Lipinski definition) is 2. The Morgan fingerprint density at radius 2 is 2.31 bits per heavy atom. The maximum atomic E-state index is 11.9. The van der Waals surface area contributed by atoms with Crippen LogP contribution in [0.25, 0.3) is 0 Å². The normalized spacial score (nSPS) is 18.6. The monoisotopic (exact) mass is 307 g/mol. The van der Waals surface area contributed by atoms with Crippen molar-refractivity contribution in [3.63, 3.8) is 0 Å². The highest BCUT2D eigenvalue weighted by Gasteiger charge is 2.42. The lowest BCUT2D eigenvalue weighted by Crippen LogP contribution is -2.31. The fourth-order valence-electron chi connectivity index (χ4n) is 1.47. The summed E-state index contributed by atoms with van der Waals surface area (Å²) in [6.07, 6.45) is 3.49. The summed E-state index contributed by atoms with van der Waals surface area (Å²) in [4.78, 5) is 0.234. The van der Waals surface area contributed by atoms with Gasteiger partial charge in [-0.15, -0.1) is 0 Å². The molecule has 0 amide bonds. The molecule has 0 bridgehead atoms. The van der Waals surface area contributed by atoms with Crippen LogP contribution in [-0.4, -0.2) is 30.5 Å². The van der Waals surface area contributed by atoms with Gasteiger partial charge in [0, 0.05) is 11.9 Å². The molecule has 2 N–H and O–H groups in total. The molecule has 0 radical (unpaired) electrons. The van der Waals surface area contributed by atoms with E-state index in [4.69, 9.17) is 0 Å². The Balaban J connectivity index is 2.07. The number of sulfonamides is 1. The first-order valence-electron chi connectivity index (χ1n) is 5.05. The Morgan fingerprint density at radius 3 is 2.75 bits per heavy atom. The van der Waals surface area contributed by atoms with Crippen molar-refractivity contribution in [2.45, 2.75) is 24.7 Å². The molecule has 1 aromatic heterocycles. The third-order valence-corrected chi connectivity index (χ3v) is 5.66. The van der Waals surface area contributed by atoms with Crippen molar-refractivity contribution in [1.29, 1.82) is 0 Å². The third kappa shape index (κ3) is 2.31. The van der Waals surface area contributed by atoms with Gasteiger partial charge in [0.15, 0.2) is 0 Å². The third-order valence-electron chi connectivity index (χ3n) is 2.95. The van der Waals surface area contributed by atoms with E-state index in [9.17, 15) is 8.42 Å². The minimum Gasteiger partial charge on any atom is -0.281 e. The molecule has 1 aromatic rings. The highest BCUT2D eigenvalue weighted by Crippen LogP contribution is 2.46. The van der Waals surface area contributed by atoms with E-state index in [1.807, 2.05) is 0 Å². The number of aromatic nitrogens is 2. The summed E-state index contributed by atoms with van der Waals surface area (Å²) >= 11 is 3.41. The van der Waals surface area contributed by atoms with Crippen LogP contribution in [0.1, 0.15) is 18.5 Å². The fraction of sp³-hybridized carbons (Fsp3) is 0.667. The molecule has 1 heterocycles. The van der Waals surface area contributed by atoms with Gasteiger partial charge < -0.3 is 0 Å². The molecule has 0 spiro atoms. The van der Waals surface area contributed by atoms with Gasteiger partial charge in [-0.2, -0.15) is 5.10 Å². The second-order valence-electron chi connectivity index (χ2n) is 4.32. The van der Waals surface area contributed by atoms with Crippen LogP contribution in [0.5, 0.6) is 0 Å². The van der Waals surface area contributed by atoms with Gasteiger partial charge in [-0.05, 0) is 25.2 Å². The lowest BCUT2D eigenvalue weighted by atomic mass is 10.1. The van der Waals surface area contributed by atoms with Crippen molar-refractivity contribution in [1.82, 2.24) is 14.9 Å². The van der Waals surface area contributed by atoms with E-state index in [0.717, 1.165) is 18.2 Å². The Morgan fingerprint density at radius 1 is 1.62 bits per heavy atom. The minimum atomic E-state index is -3.42. The molecule has 0 atom stereocenters. The molecule has 0 saturated heterocycles. The van der Waals surface area contributed by atoms with E-state index >= 15 is 0 Å². The summed E-state index contributed by atoms with van der Waals surface area (Å²) in [5.74, 6) is 0. The Kier molecular flexibility index (Phi) is 3.11. The SMILES string of the molecule is Cc1[nH]ncc1S(=O)(=O)NCC1(CBr)CC1. The van der Waals surface area contributed by atoms with Gasteiger partial charge in [-0.1, -0.05) is 15.9 Å². The van der Waals surface area contributed by atoms with Gasteiger partial charge >= 0.3 is 0 Å². The average molecular weight is 308 g/mol.